The van der Waals surface area contributed by atoms with Crippen LogP contribution in [0.4, 0.5) is 5.69 Å². The average molecular weight is 254 g/mol. The topological polar surface area (TPSA) is 133 Å². The van der Waals surface area contributed by atoms with Crippen LogP contribution in [0.3, 0.4) is 0 Å². The Morgan fingerprint density at radius 1 is 1.44 bits per heavy atom. The molecule has 0 radical (unpaired) electrons. The van der Waals surface area contributed by atoms with Crippen LogP contribution in [0.5, 0.6) is 0 Å². The van der Waals surface area contributed by atoms with Crippen LogP contribution < -0.4 is 5.73 Å². The van der Waals surface area contributed by atoms with Crippen LogP contribution in [0.2, 0.25) is 0 Å². The van der Waals surface area contributed by atoms with Gasteiger partial charge in [-0.2, -0.15) is 0 Å². The number of rotatable bonds is 5. The molecule has 0 aromatic heterocycles. The van der Waals surface area contributed by atoms with Gasteiger partial charge in [-0.05, 0) is 6.07 Å². The van der Waals surface area contributed by atoms with Gasteiger partial charge < -0.3 is 15.6 Å². The monoisotopic (exact) mass is 254 g/mol. The normalized spacial score (nSPS) is 11.6. The second kappa shape index (κ2) is 5.73. The van der Waals surface area contributed by atoms with Gasteiger partial charge in [0.25, 0.3) is 5.69 Å². The summed E-state index contributed by atoms with van der Waals surface area (Å²) in [5, 5.41) is 19.7. The van der Waals surface area contributed by atoms with Crippen LogP contribution in [0.1, 0.15) is 11.7 Å². The van der Waals surface area contributed by atoms with Crippen LogP contribution >= 0.6 is 0 Å². The summed E-state index contributed by atoms with van der Waals surface area (Å²) in [7, 11) is 0. The van der Waals surface area contributed by atoms with Crippen LogP contribution in [-0.2, 0) is 14.3 Å². The van der Waals surface area contributed by atoms with Crippen molar-refractivity contribution in [1.29, 1.82) is 0 Å². The van der Waals surface area contributed by atoms with Gasteiger partial charge in [0.15, 0.2) is 0 Å². The largest absolute Gasteiger partial charge is 0.478 e. The molecule has 1 unspecified atom stereocenters. The summed E-state index contributed by atoms with van der Waals surface area (Å²) in [4.78, 5) is 32.0. The molecule has 96 valence electrons. The van der Waals surface area contributed by atoms with Crippen molar-refractivity contribution >= 4 is 17.6 Å². The van der Waals surface area contributed by atoms with Crippen LogP contribution in [-0.4, -0.2) is 28.5 Å². The summed E-state index contributed by atoms with van der Waals surface area (Å²) in [5.74, 6) is -2.47. The number of benzene rings is 1. The highest BCUT2D eigenvalue weighted by Gasteiger charge is 2.30. The number of esters is 1. The average Bonchev–Trinajstić information content (AvgIpc) is 2.35. The van der Waals surface area contributed by atoms with Crippen molar-refractivity contribution in [3.05, 3.63) is 39.9 Å². The summed E-state index contributed by atoms with van der Waals surface area (Å²) < 4.78 is 4.57. The number of aliphatic carboxylic acids is 1. The van der Waals surface area contributed by atoms with E-state index in [-0.39, 0.29) is 5.56 Å². The number of para-hydroxylation sites is 1. The predicted octanol–water partition coefficient (Wildman–Crippen LogP) is 0.222. The van der Waals surface area contributed by atoms with Gasteiger partial charge in [0.1, 0.15) is 0 Å². The number of nitro benzene ring substituents is 1. The summed E-state index contributed by atoms with van der Waals surface area (Å²) in [6.45, 7) is -0.510. The van der Waals surface area contributed by atoms with E-state index in [0.717, 1.165) is 6.07 Å². The van der Waals surface area contributed by atoms with Crippen molar-refractivity contribution in [2.24, 2.45) is 5.73 Å². The fourth-order valence-corrected chi connectivity index (χ4v) is 1.30. The molecule has 0 spiro atoms. The molecule has 1 aromatic rings. The molecule has 0 heterocycles. The fraction of sp³-hybridized carbons (Fsp3) is 0.200. The maximum atomic E-state index is 11.0. The first kappa shape index (κ1) is 13.6. The standard InChI is InChI=1S/C10H10N2O6/c11-5-8(13)18-9(10(14)15)6-3-1-2-4-7(6)12(16)17/h1-4,9H,5,11H2,(H,14,15). The lowest BCUT2D eigenvalue weighted by atomic mass is 10.1. The van der Waals surface area contributed by atoms with Crippen LogP contribution in [0.25, 0.3) is 0 Å². The molecule has 0 saturated heterocycles. The SMILES string of the molecule is NCC(=O)OC(C(=O)O)c1ccccc1[N+](=O)[O-]. The number of nitrogens with two attached hydrogens (primary N) is 1. The third-order valence-corrected chi connectivity index (χ3v) is 2.06. The molecule has 1 rings (SSSR count). The van der Waals surface area contributed by atoms with Crippen molar-refractivity contribution in [2.75, 3.05) is 6.54 Å². The summed E-state index contributed by atoms with van der Waals surface area (Å²) in [6, 6.07) is 5.13. The smallest absolute Gasteiger partial charge is 0.350 e. The Morgan fingerprint density at radius 3 is 2.56 bits per heavy atom. The van der Waals surface area contributed by atoms with Gasteiger partial charge in [-0.15, -0.1) is 0 Å². The van der Waals surface area contributed by atoms with Gasteiger partial charge in [-0.1, -0.05) is 12.1 Å². The Hall–Kier alpha value is -2.48. The number of nitro groups is 1. The van der Waals surface area contributed by atoms with E-state index in [0.29, 0.717) is 0 Å². The molecule has 0 fully saturated rings. The Morgan fingerprint density at radius 2 is 2.06 bits per heavy atom. The van der Waals surface area contributed by atoms with Gasteiger partial charge in [0.2, 0.25) is 6.10 Å². The lowest BCUT2D eigenvalue weighted by molar-refractivity contribution is -0.386. The Kier molecular flexibility index (Phi) is 4.33. The highest BCUT2D eigenvalue weighted by Crippen LogP contribution is 2.27. The van der Waals surface area contributed by atoms with Crippen molar-refractivity contribution in [3.63, 3.8) is 0 Å². The number of hydrogen-bond donors (Lipinski definition) is 2. The molecule has 0 amide bonds. The van der Waals surface area contributed by atoms with Crippen LogP contribution in [0.15, 0.2) is 24.3 Å². The van der Waals surface area contributed by atoms with Crippen molar-refractivity contribution in [2.45, 2.75) is 6.10 Å². The summed E-state index contributed by atoms with van der Waals surface area (Å²) >= 11 is 0. The molecule has 1 aromatic carbocycles. The minimum atomic E-state index is -1.75. The lowest BCUT2D eigenvalue weighted by Crippen LogP contribution is -2.24. The first-order valence-corrected chi connectivity index (χ1v) is 4.83. The van der Waals surface area contributed by atoms with Gasteiger partial charge in [-0.3, -0.25) is 14.9 Å². The minimum absolute atomic E-state index is 0.211. The second-order valence-electron chi connectivity index (χ2n) is 3.23. The second-order valence-corrected chi connectivity index (χ2v) is 3.23. The minimum Gasteiger partial charge on any atom is -0.478 e. The summed E-state index contributed by atoms with van der Waals surface area (Å²) in [6.07, 6.45) is -1.75. The van der Waals surface area contributed by atoms with Gasteiger partial charge in [0, 0.05) is 6.07 Å². The number of hydrogen-bond acceptors (Lipinski definition) is 6. The molecular formula is C10H10N2O6. The molecule has 0 aliphatic carbocycles. The molecule has 8 heteroatoms. The van der Waals surface area contributed by atoms with E-state index in [1.165, 1.54) is 18.2 Å². The van der Waals surface area contributed by atoms with Crippen molar-refractivity contribution in [3.8, 4) is 0 Å². The highest BCUT2D eigenvalue weighted by molar-refractivity contribution is 5.81. The van der Waals surface area contributed by atoms with Crippen LogP contribution in [0, 0.1) is 10.1 Å². The number of carboxylic acid groups (broad SMARTS) is 1. The maximum Gasteiger partial charge on any atom is 0.350 e. The lowest BCUT2D eigenvalue weighted by Gasteiger charge is -2.13. The highest BCUT2D eigenvalue weighted by atomic mass is 16.6. The van der Waals surface area contributed by atoms with E-state index >= 15 is 0 Å². The van der Waals surface area contributed by atoms with E-state index in [1.54, 1.807) is 0 Å². The predicted molar refractivity (Wildman–Crippen MR) is 58.6 cm³/mol. The Labute approximate surface area is 101 Å². The molecule has 18 heavy (non-hydrogen) atoms. The zero-order chi connectivity index (χ0) is 13.7. The molecule has 3 N–H and O–H groups in total. The van der Waals surface area contributed by atoms with E-state index in [9.17, 15) is 19.7 Å². The molecule has 1 atom stereocenters. The Bertz CT molecular complexity index is 487. The van der Waals surface area contributed by atoms with Gasteiger partial charge >= 0.3 is 11.9 Å². The van der Waals surface area contributed by atoms with E-state index < -0.39 is 35.2 Å². The molecule has 0 aliphatic heterocycles. The van der Waals surface area contributed by atoms with Gasteiger partial charge in [0.05, 0.1) is 17.0 Å². The zero-order valence-electron chi connectivity index (χ0n) is 9.11. The molecule has 0 aliphatic rings. The maximum absolute atomic E-state index is 11.0. The quantitative estimate of drug-likeness (QED) is 0.436. The van der Waals surface area contributed by atoms with E-state index in [4.69, 9.17) is 10.8 Å². The fourth-order valence-electron chi connectivity index (χ4n) is 1.30. The summed E-state index contributed by atoms with van der Waals surface area (Å²) in [5.41, 5.74) is 4.35. The first-order valence-electron chi connectivity index (χ1n) is 4.83. The molecular weight excluding hydrogens is 244 g/mol. The Balaban J connectivity index is 3.17. The van der Waals surface area contributed by atoms with E-state index in [2.05, 4.69) is 4.74 Å². The number of carbonyl (C=O) groups is 2. The number of carbonyl (C=O) groups excluding carboxylic acids is 1. The zero-order valence-corrected chi connectivity index (χ0v) is 9.11. The third-order valence-electron chi connectivity index (χ3n) is 2.06. The number of ether oxygens (including phenoxy) is 1. The molecule has 0 bridgehead atoms. The van der Waals surface area contributed by atoms with Gasteiger partial charge in [-0.25, -0.2) is 4.79 Å². The number of nitrogens with zero attached hydrogens (tertiary/aromatic N) is 1. The third kappa shape index (κ3) is 3.01. The van der Waals surface area contributed by atoms with E-state index in [1.807, 2.05) is 0 Å². The molecule has 8 nitrogen and oxygen atoms in total. The number of carboxylic acids is 1. The molecule has 0 saturated carbocycles. The van der Waals surface area contributed by atoms with Crippen molar-refractivity contribution in [1.82, 2.24) is 0 Å². The van der Waals surface area contributed by atoms with Crippen molar-refractivity contribution < 1.29 is 24.4 Å². The first-order chi connectivity index (χ1) is 8.47.